The van der Waals surface area contributed by atoms with Crippen LogP contribution in [-0.4, -0.2) is 29.9 Å². The molecule has 1 aliphatic rings. The summed E-state index contributed by atoms with van der Waals surface area (Å²) in [5.41, 5.74) is 6.97. The molecule has 2 aromatic rings. The SMILES string of the molecule is Cl.NC1CCN(C(=O)c2ccc(-c3ccc(Cl)cc3)s2)CC1. The largest absolute Gasteiger partial charge is 0.338 e. The number of hydrogen-bond donors (Lipinski definition) is 1. The van der Waals surface area contributed by atoms with Crippen molar-refractivity contribution in [1.82, 2.24) is 4.90 Å². The molecule has 1 fully saturated rings. The van der Waals surface area contributed by atoms with Crippen LogP contribution < -0.4 is 5.73 Å². The molecule has 0 unspecified atom stereocenters. The van der Waals surface area contributed by atoms with Crippen LogP contribution in [0.1, 0.15) is 22.5 Å². The Balaban J connectivity index is 0.00000176. The van der Waals surface area contributed by atoms with Gasteiger partial charge in [0.2, 0.25) is 0 Å². The molecule has 0 bridgehead atoms. The molecule has 3 rings (SSSR count). The van der Waals surface area contributed by atoms with E-state index < -0.39 is 0 Å². The Morgan fingerprint density at radius 3 is 2.41 bits per heavy atom. The standard InChI is InChI=1S/C16H17ClN2OS.ClH/c17-12-3-1-11(2-4-12)14-5-6-15(21-14)16(20)19-9-7-13(18)8-10-19;/h1-6,13H,7-10,18H2;1H. The highest BCUT2D eigenvalue weighted by Gasteiger charge is 2.22. The number of amides is 1. The summed E-state index contributed by atoms with van der Waals surface area (Å²) in [4.78, 5) is 16.3. The summed E-state index contributed by atoms with van der Waals surface area (Å²) in [5, 5.41) is 0.719. The number of piperidine rings is 1. The van der Waals surface area contributed by atoms with Crippen LogP contribution >= 0.6 is 35.3 Å². The van der Waals surface area contributed by atoms with Crippen molar-refractivity contribution in [3.8, 4) is 10.4 Å². The maximum absolute atomic E-state index is 12.5. The van der Waals surface area contributed by atoms with Gasteiger partial charge in [-0.05, 0) is 42.7 Å². The number of rotatable bonds is 2. The van der Waals surface area contributed by atoms with Gasteiger partial charge in [-0.3, -0.25) is 4.79 Å². The molecule has 0 saturated carbocycles. The molecule has 2 heterocycles. The Hall–Kier alpha value is -1.07. The summed E-state index contributed by atoms with van der Waals surface area (Å²) in [5.74, 6) is 0.118. The lowest BCUT2D eigenvalue weighted by Crippen LogP contribution is -2.42. The molecule has 6 heteroatoms. The van der Waals surface area contributed by atoms with Gasteiger partial charge >= 0.3 is 0 Å². The molecule has 0 radical (unpaired) electrons. The number of hydrogen-bond acceptors (Lipinski definition) is 3. The smallest absolute Gasteiger partial charge is 0.263 e. The first-order valence-electron chi connectivity index (χ1n) is 7.04. The van der Waals surface area contributed by atoms with Crippen molar-refractivity contribution in [2.45, 2.75) is 18.9 Å². The molecule has 2 N–H and O–H groups in total. The van der Waals surface area contributed by atoms with Crippen molar-refractivity contribution in [2.75, 3.05) is 13.1 Å². The molecule has 1 aromatic heterocycles. The van der Waals surface area contributed by atoms with Crippen LogP contribution in [0, 0.1) is 0 Å². The minimum atomic E-state index is 0. The van der Waals surface area contributed by atoms with Gasteiger partial charge in [0.25, 0.3) is 5.91 Å². The molecule has 118 valence electrons. The summed E-state index contributed by atoms with van der Waals surface area (Å²) in [6.07, 6.45) is 1.78. The number of halogens is 2. The van der Waals surface area contributed by atoms with E-state index in [-0.39, 0.29) is 24.4 Å². The van der Waals surface area contributed by atoms with Crippen molar-refractivity contribution in [1.29, 1.82) is 0 Å². The van der Waals surface area contributed by atoms with Gasteiger partial charge < -0.3 is 10.6 Å². The van der Waals surface area contributed by atoms with E-state index in [9.17, 15) is 4.79 Å². The van der Waals surface area contributed by atoms with Crippen molar-refractivity contribution in [3.05, 3.63) is 46.3 Å². The van der Waals surface area contributed by atoms with E-state index in [0.29, 0.717) is 0 Å². The fourth-order valence-electron chi connectivity index (χ4n) is 2.48. The van der Waals surface area contributed by atoms with Crippen LogP contribution in [0.2, 0.25) is 5.02 Å². The van der Waals surface area contributed by atoms with Crippen LogP contribution in [0.4, 0.5) is 0 Å². The molecule has 1 aromatic carbocycles. The maximum atomic E-state index is 12.5. The van der Waals surface area contributed by atoms with Gasteiger partial charge in [0.1, 0.15) is 0 Å². The number of carbonyl (C=O) groups is 1. The Morgan fingerprint density at radius 2 is 1.77 bits per heavy atom. The number of carbonyl (C=O) groups excluding carboxylic acids is 1. The van der Waals surface area contributed by atoms with E-state index in [1.807, 2.05) is 41.3 Å². The summed E-state index contributed by atoms with van der Waals surface area (Å²) < 4.78 is 0. The zero-order valence-corrected chi connectivity index (χ0v) is 14.4. The molecule has 1 amide bonds. The van der Waals surface area contributed by atoms with Gasteiger partial charge in [0.05, 0.1) is 4.88 Å². The fraction of sp³-hybridized carbons (Fsp3) is 0.312. The minimum Gasteiger partial charge on any atom is -0.338 e. The van der Waals surface area contributed by atoms with Gasteiger partial charge in [-0.1, -0.05) is 23.7 Å². The summed E-state index contributed by atoms with van der Waals surface area (Å²) in [6, 6.07) is 11.8. The Kier molecular flexibility index (Phi) is 5.87. The summed E-state index contributed by atoms with van der Waals surface area (Å²) in [7, 11) is 0. The van der Waals surface area contributed by atoms with E-state index in [0.717, 1.165) is 46.3 Å². The van der Waals surface area contributed by atoms with Crippen molar-refractivity contribution in [3.63, 3.8) is 0 Å². The van der Waals surface area contributed by atoms with Gasteiger partial charge in [-0.25, -0.2) is 0 Å². The first-order valence-corrected chi connectivity index (χ1v) is 8.23. The number of nitrogens with two attached hydrogens (primary N) is 1. The predicted octanol–water partition coefficient (Wildman–Crippen LogP) is 4.05. The highest BCUT2D eigenvalue weighted by molar-refractivity contribution is 7.17. The van der Waals surface area contributed by atoms with E-state index in [4.69, 9.17) is 17.3 Å². The first-order chi connectivity index (χ1) is 10.1. The minimum absolute atomic E-state index is 0. The highest BCUT2D eigenvalue weighted by Crippen LogP contribution is 2.30. The average Bonchev–Trinajstić information content (AvgIpc) is 2.98. The first kappa shape index (κ1) is 17.3. The monoisotopic (exact) mass is 356 g/mol. The number of likely N-dealkylation sites (tertiary alicyclic amines) is 1. The van der Waals surface area contributed by atoms with E-state index in [1.165, 1.54) is 11.3 Å². The van der Waals surface area contributed by atoms with E-state index in [2.05, 4.69) is 0 Å². The predicted molar refractivity (Wildman–Crippen MR) is 95.1 cm³/mol. The van der Waals surface area contributed by atoms with E-state index >= 15 is 0 Å². The normalized spacial score (nSPS) is 15.5. The number of nitrogens with zero attached hydrogens (tertiary/aromatic N) is 1. The van der Waals surface area contributed by atoms with E-state index in [1.54, 1.807) is 0 Å². The molecule has 3 nitrogen and oxygen atoms in total. The summed E-state index contributed by atoms with van der Waals surface area (Å²) in [6.45, 7) is 1.52. The third kappa shape index (κ3) is 3.82. The van der Waals surface area contributed by atoms with Crippen LogP contribution in [0.3, 0.4) is 0 Å². The quantitative estimate of drug-likeness (QED) is 0.881. The Morgan fingerprint density at radius 1 is 1.14 bits per heavy atom. The second-order valence-corrected chi connectivity index (χ2v) is 6.82. The molecule has 1 saturated heterocycles. The lowest BCUT2D eigenvalue weighted by molar-refractivity contribution is 0.0719. The molecule has 22 heavy (non-hydrogen) atoms. The van der Waals surface area contributed by atoms with Gasteiger partial charge in [0, 0.05) is 29.0 Å². The maximum Gasteiger partial charge on any atom is 0.263 e. The van der Waals surface area contributed by atoms with Crippen molar-refractivity contribution < 1.29 is 4.79 Å². The molecular formula is C16H18Cl2N2OS. The fourth-order valence-corrected chi connectivity index (χ4v) is 3.59. The van der Waals surface area contributed by atoms with Crippen molar-refractivity contribution in [2.24, 2.45) is 5.73 Å². The van der Waals surface area contributed by atoms with Crippen LogP contribution in [-0.2, 0) is 0 Å². The second-order valence-electron chi connectivity index (χ2n) is 5.30. The zero-order chi connectivity index (χ0) is 14.8. The van der Waals surface area contributed by atoms with Crippen molar-refractivity contribution >= 4 is 41.3 Å². The zero-order valence-electron chi connectivity index (χ0n) is 12.0. The lowest BCUT2D eigenvalue weighted by Gasteiger charge is -2.29. The van der Waals surface area contributed by atoms with Crippen LogP contribution in [0.25, 0.3) is 10.4 Å². The van der Waals surface area contributed by atoms with Crippen LogP contribution in [0.15, 0.2) is 36.4 Å². The molecule has 1 aliphatic heterocycles. The second kappa shape index (κ2) is 7.47. The average molecular weight is 357 g/mol. The molecular weight excluding hydrogens is 339 g/mol. The number of thiophene rings is 1. The Labute approximate surface area is 145 Å². The summed E-state index contributed by atoms with van der Waals surface area (Å²) >= 11 is 7.43. The molecule has 0 atom stereocenters. The Bertz CT molecular complexity index is 634. The van der Waals surface area contributed by atoms with Gasteiger partial charge in [-0.2, -0.15) is 0 Å². The molecule has 0 spiro atoms. The number of benzene rings is 1. The third-order valence-corrected chi connectivity index (χ3v) is 5.15. The van der Waals surface area contributed by atoms with Gasteiger partial charge in [0.15, 0.2) is 0 Å². The topological polar surface area (TPSA) is 46.3 Å². The third-order valence-electron chi connectivity index (χ3n) is 3.77. The highest BCUT2D eigenvalue weighted by atomic mass is 35.5. The lowest BCUT2D eigenvalue weighted by atomic mass is 10.1. The molecule has 0 aliphatic carbocycles. The van der Waals surface area contributed by atoms with Gasteiger partial charge in [-0.15, -0.1) is 23.7 Å². The van der Waals surface area contributed by atoms with Crippen LogP contribution in [0.5, 0.6) is 0 Å².